The van der Waals surface area contributed by atoms with Crippen molar-refractivity contribution in [3.05, 3.63) is 29.8 Å². The number of Topliss-reactive ketones (excluding diaryl/α,β-unsaturated/α-hetero) is 1. The number of phenols is 1. The van der Waals surface area contributed by atoms with Crippen molar-refractivity contribution < 1.29 is 9.90 Å². The van der Waals surface area contributed by atoms with Gasteiger partial charge in [-0.05, 0) is 36.6 Å². The van der Waals surface area contributed by atoms with Gasteiger partial charge in [-0.15, -0.1) is 0 Å². The molecule has 0 aliphatic heterocycles. The molecule has 0 saturated carbocycles. The van der Waals surface area contributed by atoms with E-state index in [1.165, 1.54) is 12.1 Å². The second-order valence-electron chi connectivity index (χ2n) is 4.01. The van der Waals surface area contributed by atoms with Crippen LogP contribution in [-0.4, -0.2) is 15.7 Å². The van der Waals surface area contributed by atoms with Gasteiger partial charge < -0.3 is 5.11 Å². The highest BCUT2D eigenvalue weighted by Gasteiger charge is 2.17. The fourth-order valence-corrected chi connectivity index (χ4v) is 2.34. The van der Waals surface area contributed by atoms with Gasteiger partial charge >= 0.3 is 0 Å². The zero-order valence-corrected chi connectivity index (χ0v) is 10.5. The zero-order valence-electron chi connectivity index (χ0n) is 8.90. The van der Waals surface area contributed by atoms with E-state index in [-0.39, 0.29) is 16.4 Å². The first-order valence-corrected chi connectivity index (χ1v) is 5.89. The molecule has 1 aromatic rings. The highest BCUT2D eigenvalue weighted by atomic mass is 79.9. The molecule has 0 aromatic heterocycles. The van der Waals surface area contributed by atoms with E-state index < -0.39 is 0 Å². The Labute approximate surface area is 98.4 Å². The second kappa shape index (κ2) is 5.31. The first kappa shape index (κ1) is 12.2. The predicted molar refractivity (Wildman–Crippen MR) is 64.6 cm³/mol. The lowest BCUT2D eigenvalue weighted by Gasteiger charge is -2.11. The number of carbonyl (C=O) groups excluding carboxylic acids is 1. The van der Waals surface area contributed by atoms with Crippen LogP contribution in [0.3, 0.4) is 0 Å². The van der Waals surface area contributed by atoms with E-state index in [0.717, 1.165) is 6.42 Å². The predicted octanol–water partition coefficient (Wildman–Crippen LogP) is 3.38. The maximum absolute atomic E-state index is 11.9. The number of halogens is 1. The Hall–Kier alpha value is -0.830. The Morgan fingerprint density at radius 3 is 2.33 bits per heavy atom. The van der Waals surface area contributed by atoms with Crippen LogP contribution in [-0.2, 0) is 0 Å². The van der Waals surface area contributed by atoms with Gasteiger partial charge in [0.1, 0.15) is 5.75 Å². The molecule has 0 amide bonds. The highest BCUT2D eigenvalue weighted by molar-refractivity contribution is 9.10. The molecule has 0 radical (unpaired) electrons. The van der Waals surface area contributed by atoms with E-state index in [0.29, 0.717) is 11.5 Å². The van der Waals surface area contributed by atoms with E-state index in [9.17, 15) is 4.79 Å². The van der Waals surface area contributed by atoms with Crippen molar-refractivity contribution in [2.75, 3.05) is 0 Å². The van der Waals surface area contributed by atoms with Crippen LogP contribution in [0.25, 0.3) is 0 Å². The van der Waals surface area contributed by atoms with Gasteiger partial charge in [0.2, 0.25) is 0 Å². The molecule has 0 saturated heterocycles. The number of benzene rings is 1. The summed E-state index contributed by atoms with van der Waals surface area (Å²) in [4.78, 5) is 11.7. The fourth-order valence-electron chi connectivity index (χ4n) is 1.33. The lowest BCUT2D eigenvalue weighted by Crippen LogP contribution is -2.16. The molecule has 0 aliphatic rings. The number of alkyl halides is 1. The minimum atomic E-state index is -0.137. The van der Waals surface area contributed by atoms with Gasteiger partial charge in [-0.3, -0.25) is 4.79 Å². The molecule has 1 N–H and O–H groups in total. The molecule has 15 heavy (non-hydrogen) atoms. The summed E-state index contributed by atoms with van der Waals surface area (Å²) in [5.41, 5.74) is 0.635. The lowest BCUT2D eigenvalue weighted by atomic mass is 10.0. The number of ketones is 1. The summed E-state index contributed by atoms with van der Waals surface area (Å²) in [5, 5.41) is 9.10. The van der Waals surface area contributed by atoms with Gasteiger partial charge in [-0.1, -0.05) is 29.8 Å². The summed E-state index contributed by atoms with van der Waals surface area (Å²) in [6.07, 6.45) is 0.819. The van der Waals surface area contributed by atoms with Crippen LogP contribution in [0.5, 0.6) is 5.75 Å². The maximum Gasteiger partial charge on any atom is 0.176 e. The largest absolute Gasteiger partial charge is 0.508 e. The molecule has 0 aliphatic carbocycles. The Bertz CT molecular complexity index is 330. The molecule has 3 heteroatoms. The second-order valence-corrected chi connectivity index (χ2v) is 5.11. The van der Waals surface area contributed by atoms with Gasteiger partial charge in [0, 0.05) is 5.56 Å². The normalized spacial score (nSPS) is 12.8. The van der Waals surface area contributed by atoms with Crippen molar-refractivity contribution in [2.45, 2.75) is 25.1 Å². The monoisotopic (exact) mass is 270 g/mol. The molecule has 0 fully saturated rings. The van der Waals surface area contributed by atoms with Crippen LogP contribution < -0.4 is 0 Å². The van der Waals surface area contributed by atoms with E-state index in [1.54, 1.807) is 12.1 Å². The van der Waals surface area contributed by atoms with Crippen LogP contribution in [0.15, 0.2) is 24.3 Å². The summed E-state index contributed by atoms with van der Waals surface area (Å²) < 4.78 is 0. The quantitative estimate of drug-likeness (QED) is 0.673. The number of aromatic hydroxyl groups is 1. The first-order chi connectivity index (χ1) is 7.00. The van der Waals surface area contributed by atoms with Crippen molar-refractivity contribution in [1.29, 1.82) is 0 Å². The van der Waals surface area contributed by atoms with Gasteiger partial charge in [0.25, 0.3) is 0 Å². The van der Waals surface area contributed by atoms with Crippen LogP contribution >= 0.6 is 15.9 Å². The maximum atomic E-state index is 11.9. The fraction of sp³-hybridized carbons (Fsp3) is 0.417. The molecule has 1 aromatic carbocycles. The van der Waals surface area contributed by atoms with Crippen LogP contribution in [0.4, 0.5) is 0 Å². The van der Waals surface area contributed by atoms with E-state index in [4.69, 9.17) is 5.11 Å². The van der Waals surface area contributed by atoms with Crippen LogP contribution in [0, 0.1) is 5.92 Å². The van der Waals surface area contributed by atoms with Gasteiger partial charge in [-0.2, -0.15) is 0 Å². The van der Waals surface area contributed by atoms with Gasteiger partial charge in [-0.25, -0.2) is 0 Å². The zero-order chi connectivity index (χ0) is 11.4. The first-order valence-electron chi connectivity index (χ1n) is 4.98. The third-order valence-electron chi connectivity index (χ3n) is 2.11. The summed E-state index contributed by atoms with van der Waals surface area (Å²) in [5.74, 6) is 0.737. The highest BCUT2D eigenvalue weighted by Crippen LogP contribution is 2.19. The molecule has 0 spiro atoms. The summed E-state index contributed by atoms with van der Waals surface area (Å²) in [6, 6.07) is 6.35. The molecule has 0 bridgehead atoms. The average Bonchev–Trinajstić information content (AvgIpc) is 2.17. The van der Waals surface area contributed by atoms with Crippen LogP contribution in [0.1, 0.15) is 30.6 Å². The van der Waals surface area contributed by atoms with Crippen LogP contribution in [0.2, 0.25) is 0 Å². The minimum absolute atomic E-state index is 0.0729. The average molecular weight is 271 g/mol. The van der Waals surface area contributed by atoms with Crippen molar-refractivity contribution in [3.8, 4) is 5.75 Å². The molecule has 0 heterocycles. The number of rotatable bonds is 4. The van der Waals surface area contributed by atoms with Gasteiger partial charge in [0.15, 0.2) is 5.78 Å². The summed E-state index contributed by atoms with van der Waals surface area (Å²) in [6.45, 7) is 4.16. The lowest BCUT2D eigenvalue weighted by molar-refractivity contribution is 0.0984. The minimum Gasteiger partial charge on any atom is -0.508 e. The Kier molecular flexibility index (Phi) is 4.33. The van der Waals surface area contributed by atoms with Crippen molar-refractivity contribution in [3.63, 3.8) is 0 Å². The summed E-state index contributed by atoms with van der Waals surface area (Å²) in [7, 11) is 0. The number of hydrogen-bond donors (Lipinski definition) is 1. The number of phenolic OH excluding ortho intramolecular Hbond substituents is 1. The van der Waals surface area contributed by atoms with Gasteiger partial charge in [0.05, 0.1) is 4.83 Å². The van der Waals surface area contributed by atoms with Crippen molar-refractivity contribution in [2.24, 2.45) is 5.92 Å². The van der Waals surface area contributed by atoms with E-state index in [2.05, 4.69) is 29.8 Å². The molecule has 82 valence electrons. The van der Waals surface area contributed by atoms with Crippen molar-refractivity contribution in [1.82, 2.24) is 0 Å². The standard InChI is InChI=1S/C12H15BrO2/c1-8(2)7-11(13)12(15)9-3-5-10(14)6-4-9/h3-6,8,11,14H,7H2,1-2H3. The molecular formula is C12H15BrO2. The van der Waals surface area contributed by atoms with E-state index >= 15 is 0 Å². The molecule has 1 rings (SSSR count). The Morgan fingerprint density at radius 1 is 1.33 bits per heavy atom. The third-order valence-corrected chi connectivity index (χ3v) is 2.90. The number of hydrogen-bond acceptors (Lipinski definition) is 2. The topological polar surface area (TPSA) is 37.3 Å². The third kappa shape index (κ3) is 3.67. The molecule has 1 atom stereocenters. The number of carbonyl (C=O) groups is 1. The Morgan fingerprint density at radius 2 is 1.87 bits per heavy atom. The molecule has 1 unspecified atom stereocenters. The Balaban J connectivity index is 2.72. The van der Waals surface area contributed by atoms with Crippen molar-refractivity contribution >= 4 is 21.7 Å². The smallest absolute Gasteiger partial charge is 0.176 e. The molecular weight excluding hydrogens is 256 g/mol. The van der Waals surface area contributed by atoms with E-state index in [1.807, 2.05) is 0 Å². The summed E-state index contributed by atoms with van der Waals surface area (Å²) >= 11 is 3.39. The molecule has 2 nitrogen and oxygen atoms in total. The SMILES string of the molecule is CC(C)CC(Br)C(=O)c1ccc(O)cc1.